The Labute approximate surface area is 89.1 Å². The first-order valence-electron chi connectivity index (χ1n) is 4.58. The number of alkyl halides is 3. The average Bonchev–Trinajstić information content (AvgIpc) is 2.62. The van der Waals surface area contributed by atoms with Crippen molar-refractivity contribution in [3.8, 4) is 0 Å². The number of hydrogen-bond donors (Lipinski definition) is 1. The van der Waals surface area contributed by atoms with E-state index >= 15 is 0 Å². The minimum atomic E-state index is -4.51. The number of hydrogen-bond acceptors (Lipinski definition) is 3. The predicted molar refractivity (Wildman–Crippen MR) is 50.8 cm³/mol. The molecule has 2 rings (SSSR count). The summed E-state index contributed by atoms with van der Waals surface area (Å²) in [6, 6.07) is 3.34. The van der Waals surface area contributed by atoms with Gasteiger partial charge in [0.05, 0.1) is 0 Å². The summed E-state index contributed by atoms with van der Waals surface area (Å²) in [5, 5.41) is 6.24. The van der Waals surface area contributed by atoms with Crippen molar-refractivity contribution in [3.63, 3.8) is 0 Å². The third-order valence-electron chi connectivity index (χ3n) is 2.06. The van der Waals surface area contributed by atoms with E-state index in [4.69, 9.17) is 0 Å². The van der Waals surface area contributed by atoms with Crippen molar-refractivity contribution in [2.45, 2.75) is 12.7 Å². The summed E-state index contributed by atoms with van der Waals surface area (Å²) in [5.74, 6) is -1.11. The smallest absolute Gasteiger partial charge is 0.316 e. The molecule has 0 aliphatic heterocycles. The van der Waals surface area contributed by atoms with Crippen LogP contribution in [0.2, 0.25) is 0 Å². The number of pyridine rings is 1. The van der Waals surface area contributed by atoms with E-state index in [-0.39, 0.29) is 5.65 Å². The van der Waals surface area contributed by atoms with E-state index in [0.717, 1.165) is 4.52 Å². The summed E-state index contributed by atoms with van der Waals surface area (Å²) in [7, 11) is 1.71. The molecule has 0 spiro atoms. The van der Waals surface area contributed by atoms with Gasteiger partial charge in [0, 0.05) is 18.3 Å². The van der Waals surface area contributed by atoms with E-state index < -0.39 is 12.0 Å². The Morgan fingerprint density at radius 2 is 2.19 bits per heavy atom. The van der Waals surface area contributed by atoms with Crippen LogP contribution in [0, 0.1) is 0 Å². The van der Waals surface area contributed by atoms with Gasteiger partial charge in [0.25, 0.3) is 5.82 Å². The monoisotopic (exact) mass is 230 g/mol. The van der Waals surface area contributed by atoms with Gasteiger partial charge in [0.2, 0.25) is 0 Å². The summed E-state index contributed by atoms with van der Waals surface area (Å²) in [6.07, 6.45) is -3.07. The first kappa shape index (κ1) is 10.9. The van der Waals surface area contributed by atoms with Crippen LogP contribution < -0.4 is 5.32 Å². The van der Waals surface area contributed by atoms with Gasteiger partial charge in [-0.25, -0.2) is 9.50 Å². The van der Waals surface area contributed by atoms with Crippen LogP contribution in [-0.4, -0.2) is 21.6 Å². The van der Waals surface area contributed by atoms with E-state index in [2.05, 4.69) is 15.4 Å². The molecule has 2 aromatic rings. The van der Waals surface area contributed by atoms with E-state index in [1.54, 1.807) is 19.2 Å². The van der Waals surface area contributed by atoms with Crippen LogP contribution in [0.5, 0.6) is 0 Å². The zero-order valence-corrected chi connectivity index (χ0v) is 8.41. The van der Waals surface area contributed by atoms with Gasteiger partial charge in [-0.05, 0) is 13.1 Å². The fourth-order valence-corrected chi connectivity index (χ4v) is 1.41. The summed E-state index contributed by atoms with van der Waals surface area (Å²) in [5.41, 5.74) is 0.900. The maximum Gasteiger partial charge on any atom is 0.453 e. The van der Waals surface area contributed by atoms with Crippen LogP contribution in [0.1, 0.15) is 11.4 Å². The first-order chi connectivity index (χ1) is 7.52. The quantitative estimate of drug-likeness (QED) is 0.849. The lowest BCUT2D eigenvalue weighted by atomic mass is 10.3. The number of nitrogens with one attached hydrogen (secondary N) is 1. The molecule has 0 saturated carbocycles. The van der Waals surface area contributed by atoms with Gasteiger partial charge in [-0.1, -0.05) is 6.07 Å². The zero-order valence-electron chi connectivity index (χ0n) is 8.41. The molecule has 0 unspecified atom stereocenters. The van der Waals surface area contributed by atoms with Crippen molar-refractivity contribution < 1.29 is 13.2 Å². The average molecular weight is 230 g/mol. The number of aromatic nitrogens is 3. The van der Waals surface area contributed by atoms with Crippen LogP contribution in [0.3, 0.4) is 0 Å². The highest BCUT2D eigenvalue weighted by molar-refractivity contribution is 5.47. The number of fused-ring (bicyclic) bond motifs is 1. The van der Waals surface area contributed by atoms with Crippen molar-refractivity contribution in [2.24, 2.45) is 0 Å². The number of rotatable bonds is 2. The van der Waals surface area contributed by atoms with Gasteiger partial charge in [-0.3, -0.25) is 0 Å². The van der Waals surface area contributed by atoms with Crippen LogP contribution in [0.15, 0.2) is 18.3 Å². The molecule has 7 heteroatoms. The third-order valence-corrected chi connectivity index (χ3v) is 2.06. The van der Waals surface area contributed by atoms with Crippen molar-refractivity contribution in [1.29, 1.82) is 0 Å². The molecule has 0 atom stereocenters. The van der Waals surface area contributed by atoms with Crippen LogP contribution in [-0.2, 0) is 12.7 Å². The van der Waals surface area contributed by atoms with Crippen LogP contribution >= 0.6 is 0 Å². The van der Waals surface area contributed by atoms with Gasteiger partial charge >= 0.3 is 6.18 Å². The molecule has 2 aromatic heterocycles. The van der Waals surface area contributed by atoms with Crippen molar-refractivity contribution in [1.82, 2.24) is 19.9 Å². The normalized spacial score (nSPS) is 12.2. The molecule has 0 bridgehead atoms. The Hall–Kier alpha value is -1.63. The summed E-state index contributed by atoms with van der Waals surface area (Å²) in [4.78, 5) is 3.49. The molecule has 16 heavy (non-hydrogen) atoms. The highest BCUT2D eigenvalue weighted by Crippen LogP contribution is 2.26. The number of halogens is 3. The highest BCUT2D eigenvalue weighted by atomic mass is 19.4. The molecular weight excluding hydrogens is 221 g/mol. The minimum Gasteiger partial charge on any atom is -0.316 e. The van der Waals surface area contributed by atoms with E-state index in [9.17, 15) is 13.2 Å². The molecule has 0 fully saturated rings. The number of nitrogens with zero attached hydrogens (tertiary/aromatic N) is 3. The second-order valence-electron chi connectivity index (χ2n) is 3.27. The van der Waals surface area contributed by atoms with E-state index in [1.807, 2.05) is 0 Å². The van der Waals surface area contributed by atoms with E-state index in [0.29, 0.717) is 12.1 Å². The summed E-state index contributed by atoms with van der Waals surface area (Å²) < 4.78 is 38.3. The van der Waals surface area contributed by atoms with Gasteiger partial charge in [0.1, 0.15) is 0 Å². The second kappa shape index (κ2) is 3.75. The molecule has 4 nitrogen and oxygen atoms in total. The second-order valence-corrected chi connectivity index (χ2v) is 3.27. The SMILES string of the molecule is CNCc1cccn2nc(C(F)(F)F)nc12. The summed E-state index contributed by atoms with van der Waals surface area (Å²) >= 11 is 0. The Morgan fingerprint density at radius 3 is 2.81 bits per heavy atom. The lowest BCUT2D eigenvalue weighted by Gasteiger charge is -2.00. The molecule has 0 aliphatic carbocycles. The lowest BCUT2D eigenvalue weighted by Crippen LogP contribution is -2.07. The van der Waals surface area contributed by atoms with Crippen LogP contribution in [0.4, 0.5) is 13.2 Å². The Morgan fingerprint density at radius 1 is 1.44 bits per heavy atom. The van der Waals surface area contributed by atoms with Gasteiger partial charge in [-0.15, -0.1) is 5.10 Å². The fourth-order valence-electron chi connectivity index (χ4n) is 1.41. The largest absolute Gasteiger partial charge is 0.453 e. The van der Waals surface area contributed by atoms with Gasteiger partial charge in [0.15, 0.2) is 5.65 Å². The molecule has 0 amide bonds. The first-order valence-corrected chi connectivity index (χ1v) is 4.58. The van der Waals surface area contributed by atoms with Crippen molar-refractivity contribution in [2.75, 3.05) is 7.05 Å². The zero-order chi connectivity index (χ0) is 11.8. The van der Waals surface area contributed by atoms with Crippen LogP contribution in [0.25, 0.3) is 5.65 Å². The highest BCUT2D eigenvalue weighted by Gasteiger charge is 2.36. The standard InChI is InChI=1S/C9H9F3N4/c1-13-5-6-3-2-4-16-7(6)14-8(15-16)9(10,11)12/h2-4,13H,5H2,1H3. The maximum atomic E-state index is 12.4. The molecule has 0 aromatic carbocycles. The Balaban J connectivity index is 2.57. The fraction of sp³-hybridized carbons (Fsp3) is 0.333. The van der Waals surface area contributed by atoms with Crippen molar-refractivity contribution >= 4 is 5.65 Å². The molecule has 0 aliphatic rings. The molecule has 0 radical (unpaired) electrons. The molecule has 1 N–H and O–H groups in total. The minimum absolute atomic E-state index is 0.226. The van der Waals surface area contributed by atoms with Gasteiger partial charge < -0.3 is 5.32 Å². The molecule has 2 heterocycles. The summed E-state index contributed by atoms with van der Waals surface area (Å²) in [6.45, 7) is 0.445. The topological polar surface area (TPSA) is 42.2 Å². The maximum absolute atomic E-state index is 12.4. The van der Waals surface area contributed by atoms with Gasteiger partial charge in [-0.2, -0.15) is 13.2 Å². The Bertz CT molecular complexity index is 503. The van der Waals surface area contributed by atoms with Crippen molar-refractivity contribution in [3.05, 3.63) is 29.7 Å². The predicted octanol–water partition coefficient (Wildman–Crippen LogP) is 1.47. The van der Waals surface area contributed by atoms with E-state index in [1.165, 1.54) is 6.20 Å². The Kier molecular flexibility index (Phi) is 2.55. The molecule has 86 valence electrons. The molecular formula is C9H9F3N4. The molecule has 0 saturated heterocycles. The third kappa shape index (κ3) is 1.85. The lowest BCUT2D eigenvalue weighted by molar-refractivity contribution is -0.144.